The summed E-state index contributed by atoms with van der Waals surface area (Å²) in [6.45, 7) is 0. The molecule has 0 bridgehead atoms. The van der Waals surface area contributed by atoms with E-state index >= 15 is 0 Å². The first-order valence-corrected chi connectivity index (χ1v) is 6.29. The number of carboxylic acid groups (broad SMARTS) is 1. The van der Waals surface area contributed by atoms with Crippen LogP contribution in [0.4, 0.5) is 0 Å². The number of nitrogens with one attached hydrogen (secondary N) is 1. The molecule has 0 spiro atoms. The maximum Gasteiger partial charge on any atom is 0.326 e. The second-order valence-corrected chi connectivity index (χ2v) is 4.87. The van der Waals surface area contributed by atoms with Crippen LogP contribution in [-0.2, 0) is 20.8 Å². The molecular weight excluding hydrogens is 307 g/mol. The number of primary amides is 1. The molecule has 0 aromatic heterocycles. The number of carbonyl (C=O) groups is 3. The fraction of sp³-hybridized carbons (Fsp3) is 0.250. The summed E-state index contributed by atoms with van der Waals surface area (Å²) in [4.78, 5) is 33.3. The van der Waals surface area contributed by atoms with Crippen LogP contribution in [0, 0.1) is 0 Å². The average Bonchev–Trinajstić information content (AvgIpc) is 2.32. The molecule has 0 aliphatic heterocycles. The highest BCUT2D eigenvalue weighted by molar-refractivity contribution is 6.42. The van der Waals surface area contributed by atoms with E-state index in [1.54, 1.807) is 6.07 Å². The first-order valence-electron chi connectivity index (χ1n) is 5.54. The number of halogens is 2. The second kappa shape index (κ2) is 7.12. The van der Waals surface area contributed by atoms with Gasteiger partial charge in [0.05, 0.1) is 22.9 Å². The van der Waals surface area contributed by atoms with Crippen molar-refractivity contribution in [3.63, 3.8) is 0 Å². The average molecular weight is 319 g/mol. The van der Waals surface area contributed by atoms with E-state index in [1.807, 2.05) is 0 Å². The molecule has 108 valence electrons. The number of hydrogen-bond donors (Lipinski definition) is 3. The van der Waals surface area contributed by atoms with Crippen molar-refractivity contribution in [3.8, 4) is 0 Å². The first-order chi connectivity index (χ1) is 9.29. The summed E-state index contributed by atoms with van der Waals surface area (Å²) in [5.41, 5.74) is 5.48. The van der Waals surface area contributed by atoms with Gasteiger partial charge >= 0.3 is 5.97 Å². The molecule has 1 rings (SSSR count). The number of amides is 2. The SMILES string of the molecule is NC(=O)C[C@H](NC(=O)Cc1ccc(Cl)c(Cl)c1)C(=O)O. The summed E-state index contributed by atoms with van der Waals surface area (Å²) >= 11 is 11.5. The largest absolute Gasteiger partial charge is 0.480 e. The predicted octanol–water partition coefficient (Wildman–Crippen LogP) is 0.981. The van der Waals surface area contributed by atoms with Crippen LogP contribution in [-0.4, -0.2) is 28.9 Å². The Balaban J connectivity index is 2.67. The molecule has 1 atom stereocenters. The van der Waals surface area contributed by atoms with Crippen LogP contribution in [0.2, 0.25) is 10.0 Å². The Hall–Kier alpha value is -1.79. The van der Waals surface area contributed by atoms with E-state index in [2.05, 4.69) is 5.32 Å². The van der Waals surface area contributed by atoms with E-state index in [0.717, 1.165) is 0 Å². The fourth-order valence-electron chi connectivity index (χ4n) is 1.48. The van der Waals surface area contributed by atoms with Crippen LogP contribution in [0.25, 0.3) is 0 Å². The summed E-state index contributed by atoms with van der Waals surface area (Å²) in [6, 6.07) is 3.29. The Morgan fingerprint density at radius 3 is 2.40 bits per heavy atom. The quantitative estimate of drug-likeness (QED) is 0.726. The molecule has 0 saturated carbocycles. The molecule has 0 fully saturated rings. The van der Waals surface area contributed by atoms with Gasteiger partial charge in [0.15, 0.2) is 0 Å². The van der Waals surface area contributed by atoms with Crippen molar-refractivity contribution < 1.29 is 19.5 Å². The third-order valence-corrected chi connectivity index (χ3v) is 3.13. The lowest BCUT2D eigenvalue weighted by Crippen LogP contribution is -2.43. The van der Waals surface area contributed by atoms with Crippen LogP contribution in [0.3, 0.4) is 0 Å². The van der Waals surface area contributed by atoms with E-state index in [1.165, 1.54) is 12.1 Å². The standard InChI is InChI=1S/C12H12Cl2N2O4/c13-7-2-1-6(3-8(7)14)4-11(18)16-9(12(19)20)5-10(15)17/h1-3,9H,4-5H2,(H2,15,17)(H,16,18)(H,19,20)/t9-/m0/s1. The molecule has 1 aromatic carbocycles. The minimum atomic E-state index is -1.34. The summed E-state index contributed by atoms with van der Waals surface area (Å²) in [5.74, 6) is -2.70. The molecule has 0 saturated heterocycles. The number of benzene rings is 1. The zero-order valence-electron chi connectivity index (χ0n) is 10.2. The molecule has 0 unspecified atom stereocenters. The minimum absolute atomic E-state index is 0.0839. The van der Waals surface area contributed by atoms with Crippen molar-refractivity contribution in [2.24, 2.45) is 5.73 Å². The monoisotopic (exact) mass is 318 g/mol. The molecule has 1 aromatic rings. The van der Waals surface area contributed by atoms with E-state index in [9.17, 15) is 14.4 Å². The Morgan fingerprint density at radius 2 is 1.90 bits per heavy atom. The smallest absolute Gasteiger partial charge is 0.326 e. The number of carbonyl (C=O) groups excluding carboxylic acids is 2. The molecule has 2 amide bonds. The van der Waals surface area contributed by atoms with Crippen LogP contribution < -0.4 is 11.1 Å². The zero-order chi connectivity index (χ0) is 15.3. The van der Waals surface area contributed by atoms with Crippen molar-refractivity contribution in [1.82, 2.24) is 5.32 Å². The molecule has 20 heavy (non-hydrogen) atoms. The Labute approximate surface area is 124 Å². The number of carboxylic acids is 1. The van der Waals surface area contributed by atoms with Crippen molar-refractivity contribution in [2.45, 2.75) is 18.9 Å². The summed E-state index contributed by atoms with van der Waals surface area (Å²) in [5, 5.41) is 11.7. The lowest BCUT2D eigenvalue weighted by Gasteiger charge is -2.12. The Bertz CT molecular complexity index is 548. The highest BCUT2D eigenvalue weighted by atomic mass is 35.5. The van der Waals surface area contributed by atoms with Crippen LogP contribution in [0.15, 0.2) is 18.2 Å². The topological polar surface area (TPSA) is 109 Å². The van der Waals surface area contributed by atoms with Gasteiger partial charge in [-0.1, -0.05) is 29.3 Å². The van der Waals surface area contributed by atoms with Gasteiger partial charge < -0.3 is 16.2 Å². The van der Waals surface area contributed by atoms with Gasteiger partial charge in [0.25, 0.3) is 0 Å². The number of aliphatic carboxylic acids is 1. The van der Waals surface area contributed by atoms with Crippen molar-refractivity contribution >= 4 is 41.0 Å². The number of hydrogen-bond acceptors (Lipinski definition) is 3. The molecule has 4 N–H and O–H groups in total. The molecular formula is C12H12Cl2N2O4. The third kappa shape index (κ3) is 5.07. The second-order valence-electron chi connectivity index (χ2n) is 4.05. The third-order valence-electron chi connectivity index (χ3n) is 2.39. The van der Waals surface area contributed by atoms with Crippen molar-refractivity contribution in [3.05, 3.63) is 33.8 Å². The van der Waals surface area contributed by atoms with Gasteiger partial charge in [0, 0.05) is 0 Å². The van der Waals surface area contributed by atoms with E-state index in [4.69, 9.17) is 34.0 Å². The fourth-order valence-corrected chi connectivity index (χ4v) is 1.80. The molecule has 8 heteroatoms. The van der Waals surface area contributed by atoms with Gasteiger partial charge in [0.1, 0.15) is 6.04 Å². The van der Waals surface area contributed by atoms with Crippen LogP contribution >= 0.6 is 23.2 Å². The molecule has 0 radical (unpaired) electrons. The summed E-state index contributed by atoms with van der Waals surface area (Å²) in [6.07, 6.45) is -0.554. The molecule has 0 aliphatic carbocycles. The Kier molecular flexibility index (Phi) is 5.79. The first kappa shape index (κ1) is 16.3. The van der Waals surface area contributed by atoms with Crippen LogP contribution in [0.5, 0.6) is 0 Å². The minimum Gasteiger partial charge on any atom is -0.480 e. The van der Waals surface area contributed by atoms with Gasteiger partial charge in [-0.3, -0.25) is 9.59 Å². The number of rotatable bonds is 6. The molecule has 6 nitrogen and oxygen atoms in total. The number of nitrogens with two attached hydrogens (primary N) is 1. The van der Waals surface area contributed by atoms with E-state index in [-0.39, 0.29) is 6.42 Å². The van der Waals surface area contributed by atoms with Crippen molar-refractivity contribution in [1.29, 1.82) is 0 Å². The van der Waals surface area contributed by atoms with Gasteiger partial charge in [0.2, 0.25) is 11.8 Å². The normalized spacial score (nSPS) is 11.7. The maximum atomic E-state index is 11.7. The maximum absolute atomic E-state index is 11.7. The van der Waals surface area contributed by atoms with Gasteiger partial charge in [-0.05, 0) is 17.7 Å². The lowest BCUT2D eigenvalue weighted by molar-refractivity contribution is -0.143. The van der Waals surface area contributed by atoms with E-state index in [0.29, 0.717) is 15.6 Å². The molecule has 0 heterocycles. The van der Waals surface area contributed by atoms with Gasteiger partial charge in [-0.2, -0.15) is 0 Å². The predicted molar refractivity (Wildman–Crippen MR) is 73.5 cm³/mol. The van der Waals surface area contributed by atoms with Gasteiger partial charge in [-0.25, -0.2) is 4.79 Å². The summed E-state index contributed by atoms with van der Waals surface area (Å²) in [7, 11) is 0. The Morgan fingerprint density at radius 1 is 1.25 bits per heavy atom. The van der Waals surface area contributed by atoms with E-state index < -0.39 is 30.2 Å². The van der Waals surface area contributed by atoms with Gasteiger partial charge in [-0.15, -0.1) is 0 Å². The molecule has 0 aliphatic rings. The highest BCUT2D eigenvalue weighted by Gasteiger charge is 2.22. The lowest BCUT2D eigenvalue weighted by atomic mass is 10.1. The van der Waals surface area contributed by atoms with Crippen molar-refractivity contribution in [2.75, 3.05) is 0 Å². The highest BCUT2D eigenvalue weighted by Crippen LogP contribution is 2.22. The summed E-state index contributed by atoms with van der Waals surface area (Å²) < 4.78 is 0. The zero-order valence-corrected chi connectivity index (χ0v) is 11.7. The van der Waals surface area contributed by atoms with Crippen LogP contribution in [0.1, 0.15) is 12.0 Å².